The lowest BCUT2D eigenvalue weighted by Crippen LogP contribution is -3.11. The summed E-state index contributed by atoms with van der Waals surface area (Å²) in [5.41, 5.74) is 2.29. The maximum Gasteiger partial charge on any atom is 0.275 e. The third-order valence-corrected chi connectivity index (χ3v) is 4.73. The Morgan fingerprint density at radius 1 is 1.22 bits per heavy atom. The number of nitrogens with zero attached hydrogens (tertiary/aromatic N) is 1. The zero-order valence-corrected chi connectivity index (χ0v) is 15.0. The molecule has 0 fully saturated rings. The highest BCUT2D eigenvalue weighted by molar-refractivity contribution is 7.09. The molecule has 1 unspecified atom stereocenters. The van der Waals surface area contributed by atoms with Gasteiger partial charge < -0.3 is 15.1 Å². The van der Waals surface area contributed by atoms with Crippen molar-refractivity contribution in [1.82, 2.24) is 5.32 Å². The van der Waals surface area contributed by atoms with Gasteiger partial charge in [0.1, 0.15) is 6.54 Å². The lowest BCUT2D eigenvalue weighted by Gasteiger charge is -2.16. The fourth-order valence-electron chi connectivity index (χ4n) is 2.37. The molecule has 0 aliphatic heterocycles. The molecule has 5 heteroatoms. The molecule has 1 aromatic carbocycles. The van der Waals surface area contributed by atoms with E-state index in [1.54, 1.807) is 11.3 Å². The monoisotopic (exact) mass is 332 g/mol. The molecule has 0 radical (unpaired) electrons. The van der Waals surface area contributed by atoms with E-state index in [-0.39, 0.29) is 5.91 Å². The SMILES string of the molecule is CC[NH+](CC(=O)NCc1ccc(N(C)C)cc1)Cc1cccs1. The number of anilines is 1. The molecular formula is C18H26N3OS+. The highest BCUT2D eigenvalue weighted by atomic mass is 32.1. The molecule has 2 rings (SSSR count). The molecule has 0 aliphatic rings. The predicted molar refractivity (Wildman–Crippen MR) is 97.0 cm³/mol. The number of rotatable bonds is 8. The van der Waals surface area contributed by atoms with Crippen LogP contribution in [0.5, 0.6) is 0 Å². The van der Waals surface area contributed by atoms with Crippen molar-refractivity contribution in [2.45, 2.75) is 20.0 Å². The molecule has 1 aromatic heterocycles. The van der Waals surface area contributed by atoms with E-state index in [9.17, 15) is 4.79 Å². The summed E-state index contributed by atoms with van der Waals surface area (Å²) in [7, 11) is 4.04. The van der Waals surface area contributed by atoms with Gasteiger partial charge in [0.2, 0.25) is 0 Å². The van der Waals surface area contributed by atoms with E-state index in [0.717, 1.165) is 24.3 Å². The van der Waals surface area contributed by atoms with E-state index >= 15 is 0 Å². The van der Waals surface area contributed by atoms with Crippen molar-refractivity contribution >= 4 is 22.9 Å². The summed E-state index contributed by atoms with van der Waals surface area (Å²) in [4.78, 5) is 16.8. The van der Waals surface area contributed by atoms with Gasteiger partial charge in [0, 0.05) is 26.3 Å². The molecule has 0 saturated carbocycles. The first kappa shape index (κ1) is 17.5. The molecule has 4 nitrogen and oxygen atoms in total. The summed E-state index contributed by atoms with van der Waals surface area (Å²) in [6, 6.07) is 12.5. The second-order valence-electron chi connectivity index (χ2n) is 5.87. The van der Waals surface area contributed by atoms with Crippen LogP contribution >= 0.6 is 11.3 Å². The van der Waals surface area contributed by atoms with Crippen LogP contribution in [0.15, 0.2) is 41.8 Å². The lowest BCUT2D eigenvalue weighted by atomic mass is 10.2. The number of thiophene rings is 1. The largest absolute Gasteiger partial charge is 0.378 e. The van der Waals surface area contributed by atoms with Crippen molar-refractivity contribution in [3.8, 4) is 0 Å². The van der Waals surface area contributed by atoms with Crippen molar-refractivity contribution in [3.63, 3.8) is 0 Å². The van der Waals surface area contributed by atoms with Gasteiger partial charge in [0.15, 0.2) is 6.54 Å². The van der Waals surface area contributed by atoms with Gasteiger partial charge in [-0.1, -0.05) is 18.2 Å². The Balaban J connectivity index is 1.79. The molecule has 1 amide bonds. The first-order valence-electron chi connectivity index (χ1n) is 7.97. The quantitative estimate of drug-likeness (QED) is 0.769. The Hall–Kier alpha value is -1.85. The highest BCUT2D eigenvalue weighted by Gasteiger charge is 2.13. The molecule has 124 valence electrons. The molecule has 1 atom stereocenters. The molecule has 1 heterocycles. The van der Waals surface area contributed by atoms with E-state index in [2.05, 4.69) is 58.9 Å². The zero-order valence-electron chi connectivity index (χ0n) is 14.1. The lowest BCUT2D eigenvalue weighted by molar-refractivity contribution is -0.903. The van der Waals surface area contributed by atoms with Gasteiger partial charge in [-0.25, -0.2) is 0 Å². The van der Waals surface area contributed by atoms with Crippen LogP contribution in [0.4, 0.5) is 5.69 Å². The molecule has 0 saturated heterocycles. The molecule has 0 bridgehead atoms. The number of carbonyl (C=O) groups excluding carboxylic acids is 1. The van der Waals surface area contributed by atoms with Crippen molar-refractivity contribution in [1.29, 1.82) is 0 Å². The van der Waals surface area contributed by atoms with Crippen LogP contribution in [-0.4, -0.2) is 33.1 Å². The summed E-state index contributed by atoms with van der Waals surface area (Å²) < 4.78 is 0. The summed E-state index contributed by atoms with van der Waals surface area (Å²) in [6.45, 7) is 5.09. The first-order chi connectivity index (χ1) is 11.1. The first-order valence-corrected chi connectivity index (χ1v) is 8.85. The van der Waals surface area contributed by atoms with Gasteiger partial charge in [-0.2, -0.15) is 0 Å². The molecule has 2 N–H and O–H groups in total. The van der Waals surface area contributed by atoms with Crippen LogP contribution in [0, 0.1) is 0 Å². The van der Waals surface area contributed by atoms with Crippen LogP contribution in [0.2, 0.25) is 0 Å². The molecule has 2 aromatic rings. The Kier molecular flexibility index (Phi) is 6.62. The maximum atomic E-state index is 12.2. The smallest absolute Gasteiger partial charge is 0.275 e. The van der Waals surface area contributed by atoms with Gasteiger partial charge in [0.05, 0.1) is 11.4 Å². The fraction of sp³-hybridized carbons (Fsp3) is 0.389. The van der Waals surface area contributed by atoms with Crippen LogP contribution in [0.25, 0.3) is 0 Å². The van der Waals surface area contributed by atoms with E-state index in [4.69, 9.17) is 0 Å². The van der Waals surface area contributed by atoms with Gasteiger partial charge in [-0.3, -0.25) is 4.79 Å². The number of hydrogen-bond donors (Lipinski definition) is 2. The molecular weight excluding hydrogens is 306 g/mol. The number of nitrogens with one attached hydrogen (secondary N) is 2. The Labute approximate surface area is 142 Å². The average molecular weight is 332 g/mol. The number of hydrogen-bond acceptors (Lipinski definition) is 3. The normalized spacial score (nSPS) is 12.0. The highest BCUT2D eigenvalue weighted by Crippen LogP contribution is 2.11. The van der Waals surface area contributed by atoms with E-state index in [1.807, 2.05) is 14.1 Å². The van der Waals surface area contributed by atoms with Crippen molar-refractivity contribution in [3.05, 3.63) is 52.2 Å². The Morgan fingerprint density at radius 2 is 1.96 bits per heavy atom. The van der Waals surface area contributed by atoms with E-state index in [0.29, 0.717) is 13.1 Å². The van der Waals surface area contributed by atoms with Crippen LogP contribution in [-0.2, 0) is 17.9 Å². The number of amides is 1. The summed E-state index contributed by atoms with van der Waals surface area (Å²) in [5, 5.41) is 5.11. The van der Waals surface area contributed by atoms with Crippen LogP contribution in [0.1, 0.15) is 17.4 Å². The van der Waals surface area contributed by atoms with Gasteiger partial charge in [-0.15, -0.1) is 11.3 Å². The van der Waals surface area contributed by atoms with Gasteiger partial charge >= 0.3 is 0 Å². The minimum Gasteiger partial charge on any atom is -0.378 e. The predicted octanol–water partition coefficient (Wildman–Crippen LogP) is 1.54. The standard InChI is InChI=1S/C18H25N3OS/c1-4-21(13-17-6-5-11-23-17)14-18(22)19-12-15-7-9-16(10-8-15)20(2)3/h5-11H,4,12-14H2,1-3H3,(H,19,22)/p+1. The second kappa shape index (κ2) is 8.70. The van der Waals surface area contributed by atoms with E-state index < -0.39 is 0 Å². The number of carbonyl (C=O) groups is 1. The van der Waals surface area contributed by atoms with Gasteiger partial charge in [0.25, 0.3) is 5.91 Å². The topological polar surface area (TPSA) is 36.8 Å². The third-order valence-electron chi connectivity index (χ3n) is 3.86. The third kappa shape index (κ3) is 5.69. The second-order valence-corrected chi connectivity index (χ2v) is 6.91. The number of likely N-dealkylation sites (N-methyl/N-ethyl adjacent to an activating group) is 1. The minimum absolute atomic E-state index is 0.107. The summed E-state index contributed by atoms with van der Waals surface area (Å²) in [5.74, 6) is 0.107. The van der Waals surface area contributed by atoms with Crippen molar-refractivity contribution in [2.24, 2.45) is 0 Å². The van der Waals surface area contributed by atoms with E-state index in [1.165, 1.54) is 9.78 Å². The minimum atomic E-state index is 0.107. The van der Waals surface area contributed by atoms with Crippen molar-refractivity contribution < 1.29 is 9.69 Å². The van der Waals surface area contributed by atoms with Crippen LogP contribution < -0.4 is 15.1 Å². The number of benzene rings is 1. The fourth-order valence-corrected chi connectivity index (χ4v) is 3.15. The van der Waals surface area contributed by atoms with Crippen molar-refractivity contribution in [2.75, 3.05) is 32.1 Å². The average Bonchev–Trinajstić information content (AvgIpc) is 3.05. The summed E-state index contributed by atoms with van der Waals surface area (Å²) >= 11 is 1.75. The molecule has 23 heavy (non-hydrogen) atoms. The molecule has 0 aliphatic carbocycles. The molecule has 0 spiro atoms. The van der Waals surface area contributed by atoms with Gasteiger partial charge in [-0.05, 0) is 36.1 Å². The number of quaternary nitrogens is 1. The Morgan fingerprint density at radius 3 is 2.52 bits per heavy atom. The Bertz CT molecular complexity index is 593. The summed E-state index contributed by atoms with van der Waals surface area (Å²) in [6.07, 6.45) is 0. The maximum absolute atomic E-state index is 12.2. The zero-order chi connectivity index (χ0) is 16.7. The van der Waals surface area contributed by atoms with Crippen LogP contribution in [0.3, 0.4) is 0 Å².